The number of nitro benzene ring substituents is 1. The maximum absolute atomic E-state index is 12.3. The second-order valence-corrected chi connectivity index (χ2v) is 5.07. The molecule has 1 heterocycles. The number of hydrogen-bond donors (Lipinski definition) is 0. The van der Waals surface area contributed by atoms with Crippen LogP contribution >= 0.6 is 23.2 Å². The van der Waals surface area contributed by atoms with Crippen molar-refractivity contribution in [2.75, 3.05) is 19.7 Å². The van der Waals surface area contributed by atoms with Crippen molar-refractivity contribution >= 4 is 34.8 Å². The molecule has 1 fully saturated rings. The third-order valence-electron chi connectivity index (χ3n) is 2.95. The molecule has 1 unspecified atom stereocenters. The van der Waals surface area contributed by atoms with Crippen LogP contribution in [0.25, 0.3) is 0 Å². The molecule has 1 aromatic rings. The normalized spacial score (nSPS) is 18.1. The lowest BCUT2D eigenvalue weighted by atomic mass is 10.1. The minimum atomic E-state index is -0.708. The third kappa shape index (κ3) is 3.24. The van der Waals surface area contributed by atoms with Crippen LogP contribution < -0.4 is 0 Å². The Labute approximate surface area is 129 Å². The van der Waals surface area contributed by atoms with Crippen LogP contribution in [-0.2, 0) is 4.74 Å². The Morgan fingerprint density at radius 1 is 1.52 bits per heavy atom. The van der Waals surface area contributed by atoms with E-state index in [1.807, 2.05) is 6.07 Å². The number of amides is 1. The van der Waals surface area contributed by atoms with Crippen molar-refractivity contribution in [3.63, 3.8) is 0 Å². The van der Waals surface area contributed by atoms with Gasteiger partial charge < -0.3 is 9.64 Å². The first-order valence-electron chi connectivity index (χ1n) is 5.88. The molecular formula is C12H9Cl2N3O4. The van der Waals surface area contributed by atoms with Gasteiger partial charge in [-0.15, -0.1) is 0 Å². The summed E-state index contributed by atoms with van der Waals surface area (Å²) in [5.41, 5.74) is -0.382. The van der Waals surface area contributed by atoms with E-state index in [0.29, 0.717) is 6.54 Å². The van der Waals surface area contributed by atoms with E-state index in [1.165, 1.54) is 11.0 Å². The fourth-order valence-corrected chi connectivity index (χ4v) is 2.32. The van der Waals surface area contributed by atoms with Crippen LogP contribution in [0.5, 0.6) is 0 Å². The van der Waals surface area contributed by atoms with E-state index in [2.05, 4.69) is 0 Å². The smallest absolute Gasteiger partial charge is 0.290 e. The third-order valence-corrected chi connectivity index (χ3v) is 3.74. The summed E-state index contributed by atoms with van der Waals surface area (Å²) >= 11 is 11.6. The number of morpholine rings is 1. The molecule has 110 valence electrons. The molecule has 0 aromatic heterocycles. The Morgan fingerprint density at radius 3 is 2.86 bits per heavy atom. The molecule has 0 saturated carbocycles. The maximum atomic E-state index is 12.3. The molecule has 0 aliphatic carbocycles. The number of nitriles is 1. The van der Waals surface area contributed by atoms with E-state index in [0.717, 1.165) is 6.07 Å². The lowest BCUT2D eigenvalue weighted by Gasteiger charge is -2.29. The largest absolute Gasteiger partial charge is 0.360 e. The van der Waals surface area contributed by atoms with Crippen molar-refractivity contribution in [3.8, 4) is 6.07 Å². The van der Waals surface area contributed by atoms with Gasteiger partial charge in [-0.1, -0.05) is 23.2 Å². The summed E-state index contributed by atoms with van der Waals surface area (Å²) in [6.45, 7) is 0.627. The minimum absolute atomic E-state index is 0.0506. The number of carbonyl (C=O) groups excluding carboxylic acids is 1. The molecule has 1 saturated heterocycles. The van der Waals surface area contributed by atoms with Crippen LogP contribution in [0.3, 0.4) is 0 Å². The van der Waals surface area contributed by atoms with Crippen LogP contribution in [0.15, 0.2) is 12.1 Å². The van der Waals surface area contributed by atoms with Gasteiger partial charge >= 0.3 is 0 Å². The number of hydrogen-bond acceptors (Lipinski definition) is 5. The monoisotopic (exact) mass is 329 g/mol. The zero-order chi connectivity index (χ0) is 15.6. The maximum Gasteiger partial charge on any atom is 0.290 e. The van der Waals surface area contributed by atoms with Gasteiger partial charge in [-0.2, -0.15) is 5.26 Å². The first-order valence-corrected chi connectivity index (χ1v) is 6.63. The zero-order valence-corrected chi connectivity index (χ0v) is 12.1. The van der Waals surface area contributed by atoms with Crippen molar-refractivity contribution in [1.29, 1.82) is 5.26 Å². The molecule has 1 amide bonds. The van der Waals surface area contributed by atoms with Gasteiger partial charge in [0.15, 0.2) is 6.10 Å². The van der Waals surface area contributed by atoms with E-state index in [9.17, 15) is 14.9 Å². The van der Waals surface area contributed by atoms with Gasteiger partial charge in [0.2, 0.25) is 0 Å². The highest BCUT2D eigenvalue weighted by atomic mass is 35.5. The summed E-state index contributed by atoms with van der Waals surface area (Å²) in [4.78, 5) is 23.9. The van der Waals surface area contributed by atoms with E-state index >= 15 is 0 Å². The van der Waals surface area contributed by atoms with E-state index in [4.69, 9.17) is 33.2 Å². The number of nitro groups is 1. The first kappa shape index (κ1) is 15.5. The van der Waals surface area contributed by atoms with E-state index in [-0.39, 0.29) is 28.8 Å². The highest BCUT2D eigenvalue weighted by Gasteiger charge is 2.27. The molecule has 0 bridgehead atoms. The van der Waals surface area contributed by atoms with Crippen molar-refractivity contribution in [3.05, 3.63) is 37.9 Å². The number of benzene rings is 1. The lowest BCUT2D eigenvalue weighted by Crippen LogP contribution is -2.45. The van der Waals surface area contributed by atoms with Crippen LogP contribution in [0.1, 0.15) is 10.4 Å². The number of ether oxygens (including phenoxy) is 1. The second kappa shape index (κ2) is 6.26. The van der Waals surface area contributed by atoms with Gasteiger partial charge in [0.05, 0.1) is 29.2 Å². The highest BCUT2D eigenvalue weighted by molar-refractivity contribution is 6.43. The molecule has 2 rings (SSSR count). The molecule has 1 atom stereocenters. The first-order chi connectivity index (χ1) is 9.93. The van der Waals surface area contributed by atoms with Crippen LogP contribution in [0, 0.1) is 21.4 Å². The molecule has 1 aliphatic heterocycles. The molecule has 0 N–H and O–H groups in total. The van der Waals surface area contributed by atoms with Crippen molar-refractivity contribution in [2.45, 2.75) is 6.10 Å². The average Bonchev–Trinajstić information content (AvgIpc) is 2.48. The second-order valence-electron chi connectivity index (χ2n) is 4.29. The molecular weight excluding hydrogens is 321 g/mol. The van der Waals surface area contributed by atoms with E-state index < -0.39 is 22.6 Å². The number of carbonyl (C=O) groups is 1. The summed E-state index contributed by atoms with van der Waals surface area (Å²) in [5.74, 6) is -0.458. The van der Waals surface area contributed by atoms with Gasteiger partial charge in [0.1, 0.15) is 5.02 Å². The molecule has 0 spiro atoms. The van der Waals surface area contributed by atoms with Crippen molar-refractivity contribution in [1.82, 2.24) is 4.90 Å². The van der Waals surface area contributed by atoms with Crippen LogP contribution in [-0.4, -0.2) is 41.5 Å². The molecule has 9 heteroatoms. The van der Waals surface area contributed by atoms with Crippen LogP contribution in [0.4, 0.5) is 5.69 Å². The van der Waals surface area contributed by atoms with Gasteiger partial charge in [-0.05, 0) is 6.07 Å². The topological polar surface area (TPSA) is 96.5 Å². The quantitative estimate of drug-likeness (QED) is 0.612. The molecule has 21 heavy (non-hydrogen) atoms. The Balaban J connectivity index is 2.31. The number of nitrogens with zero attached hydrogens (tertiary/aromatic N) is 3. The van der Waals surface area contributed by atoms with Crippen molar-refractivity contribution in [2.24, 2.45) is 0 Å². The van der Waals surface area contributed by atoms with Crippen molar-refractivity contribution < 1.29 is 14.5 Å². The highest BCUT2D eigenvalue weighted by Crippen LogP contribution is 2.33. The summed E-state index contributed by atoms with van der Waals surface area (Å²) in [7, 11) is 0. The fourth-order valence-electron chi connectivity index (χ4n) is 1.93. The number of halogens is 2. The Bertz CT molecular complexity index is 644. The molecule has 0 radical (unpaired) electrons. The Morgan fingerprint density at radius 2 is 2.24 bits per heavy atom. The predicted octanol–water partition coefficient (Wildman–Crippen LogP) is 2.27. The van der Waals surface area contributed by atoms with Gasteiger partial charge in [-0.3, -0.25) is 14.9 Å². The molecule has 7 nitrogen and oxygen atoms in total. The SMILES string of the molecule is N#CC1CN(C(=O)c2cc(Cl)c(Cl)c([N+](=O)[O-])c2)CCO1. The number of rotatable bonds is 2. The average molecular weight is 330 g/mol. The zero-order valence-electron chi connectivity index (χ0n) is 10.6. The Kier molecular flexibility index (Phi) is 4.63. The standard InChI is InChI=1S/C12H9Cl2N3O4/c13-9-3-7(4-10(11(9)14)17(19)20)12(18)16-1-2-21-8(5-15)6-16/h3-4,8H,1-2,6H2. The van der Waals surface area contributed by atoms with E-state index in [1.54, 1.807) is 0 Å². The molecule has 1 aliphatic rings. The summed E-state index contributed by atoms with van der Waals surface area (Å²) in [6, 6.07) is 4.27. The van der Waals surface area contributed by atoms with Gasteiger partial charge in [-0.25, -0.2) is 0 Å². The summed E-state index contributed by atoms with van der Waals surface area (Å²) in [6.07, 6.45) is -0.708. The Hall–Kier alpha value is -1.88. The van der Waals surface area contributed by atoms with Gasteiger partial charge in [0.25, 0.3) is 11.6 Å². The van der Waals surface area contributed by atoms with Gasteiger partial charge in [0, 0.05) is 18.2 Å². The fraction of sp³-hybridized carbons (Fsp3) is 0.333. The predicted molar refractivity (Wildman–Crippen MR) is 74.4 cm³/mol. The summed E-state index contributed by atoms with van der Waals surface area (Å²) < 4.78 is 5.14. The minimum Gasteiger partial charge on any atom is -0.360 e. The lowest BCUT2D eigenvalue weighted by molar-refractivity contribution is -0.384. The summed E-state index contributed by atoms with van der Waals surface area (Å²) in [5, 5.41) is 19.4. The van der Waals surface area contributed by atoms with Crippen LogP contribution in [0.2, 0.25) is 10.0 Å². The molecule has 1 aromatic carbocycles.